The van der Waals surface area contributed by atoms with E-state index in [0.29, 0.717) is 39.0 Å². The summed E-state index contributed by atoms with van der Waals surface area (Å²) in [5.74, 6) is -0.708. The van der Waals surface area contributed by atoms with Crippen molar-refractivity contribution in [2.24, 2.45) is 0 Å². The van der Waals surface area contributed by atoms with Crippen molar-refractivity contribution < 1.29 is 19.4 Å². The highest BCUT2D eigenvalue weighted by Gasteiger charge is 2.25. The molecule has 0 saturated carbocycles. The fraction of sp³-hybridized carbons (Fsp3) is 0.571. The van der Waals surface area contributed by atoms with Crippen molar-refractivity contribution in [3.63, 3.8) is 0 Å². The predicted octanol–water partition coefficient (Wildman–Crippen LogP) is 2.29. The first-order valence-corrected chi connectivity index (χ1v) is 7.74. The lowest BCUT2D eigenvalue weighted by atomic mass is 10.1. The third-order valence-corrected chi connectivity index (χ3v) is 4.07. The van der Waals surface area contributed by atoms with Gasteiger partial charge in [0, 0.05) is 19.4 Å². The Morgan fingerprint density at radius 1 is 1.40 bits per heavy atom. The topological polar surface area (TPSA) is 66.8 Å². The lowest BCUT2D eigenvalue weighted by Crippen LogP contribution is -2.42. The maximum atomic E-state index is 12.1. The summed E-state index contributed by atoms with van der Waals surface area (Å²) >= 11 is 1.62. The number of aliphatic carboxylic acids is 1. The molecule has 2 heterocycles. The molecule has 0 radical (unpaired) electrons. The average Bonchev–Trinajstić information content (AvgIpc) is 2.97. The van der Waals surface area contributed by atoms with Crippen LogP contribution in [-0.4, -0.2) is 41.6 Å². The predicted molar refractivity (Wildman–Crippen MR) is 75.7 cm³/mol. The molecule has 110 valence electrons. The summed E-state index contributed by atoms with van der Waals surface area (Å²) in [6.45, 7) is 1.77. The highest BCUT2D eigenvalue weighted by Crippen LogP contribution is 2.24. The maximum absolute atomic E-state index is 12.1. The molecule has 20 heavy (non-hydrogen) atoms. The highest BCUT2D eigenvalue weighted by atomic mass is 32.1. The van der Waals surface area contributed by atoms with E-state index in [-0.39, 0.29) is 18.4 Å². The van der Waals surface area contributed by atoms with Gasteiger partial charge in [0.2, 0.25) is 5.91 Å². The number of amides is 1. The van der Waals surface area contributed by atoms with Crippen molar-refractivity contribution >= 4 is 23.2 Å². The fourth-order valence-electron chi connectivity index (χ4n) is 2.25. The molecule has 0 bridgehead atoms. The first-order valence-electron chi connectivity index (χ1n) is 6.80. The molecule has 0 aliphatic carbocycles. The highest BCUT2D eigenvalue weighted by molar-refractivity contribution is 7.07. The number of morpholine rings is 1. The monoisotopic (exact) mass is 297 g/mol. The van der Waals surface area contributed by atoms with E-state index >= 15 is 0 Å². The summed E-state index contributed by atoms with van der Waals surface area (Å²) in [7, 11) is 0. The van der Waals surface area contributed by atoms with Crippen LogP contribution in [0.1, 0.15) is 37.4 Å². The molecule has 1 aromatic heterocycles. The number of carbonyl (C=O) groups is 2. The smallest absolute Gasteiger partial charge is 0.303 e. The summed E-state index contributed by atoms with van der Waals surface area (Å²) in [6, 6.07) is 2.02. The molecule has 1 fully saturated rings. The average molecular weight is 297 g/mol. The van der Waals surface area contributed by atoms with E-state index < -0.39 is 5.97 Å². The second-order valence-electron chi connectivity index (χ2n) is 4.86. The molecular formula is C14H19NO4S. The second kappa shape index (κ2) is 7.40. The van der Waals surface area contributed by atoms with Gasteiger partial charge in [0.05, 0.1) is 13.2 Å². The molecular weight excluding hydrogens is 278 g/mol. The number of carbonyl (C=O) groups excluding carboxylic acids is 1. The van der Waals surface area contributed by atoms with Gasteiger partial charge in [-0.05, 0) is 35.2 Å². The third kappa shape index (κ3) is 4.31. The Balaban J connectivity index is 1.77. The summed E-state index contributed by atoms with van der Waals surface area (Å²) in [4.78, 5) is 24.3. The maximum Gasteiger partial charge on any atom is 0.303 e. The molecule has 1 aliphatic heterocycles. The molecule has 1 N–H and O–H groups in total. The fourth-order valence-corrected chi connectivity index (χ4v) is 2.95. The summed E-state index contributed by atoms with van der Waals surface area (Å²) in [5, 5.41) is 12.6. The molecule has 5 nitrogen and oxygen atoms in total. The number of carboxylic acids is 1. The molecule has 1 atom stereocenters. The molecule has 0 aromatic carbocycles. The number of hydrogen-bond donors (Lipinski definition) is 1. The Morgan fingerprint density at radius 2 is 2.20 bits per heavy atom. The van der Waals surface area contributed by atoms with Crippen LogP contribution in [0.5, 0.6) is 0 Å². The van der Waals surface area contributed by atoms with Crippen LogP contribution in [0.3, 0.4) is 0 Å². The van der Waals surface area contributed by atoms with Crippen LogP contribution in [0.4, 0.5) is 0 Å². The zero-order valence-electron chi connectivity index (χ0n) is 11.3. The number of rotatable bonds is 6. The van der Waals surface area contributed by atoms with Crippen LogP contribution in [0, 0.1) is 0 Å². The minimum absolute atomic E-state index is 0.0297. The SMILES string of the molecule is O=C(O)CCCCC(=O)N1CCOC(c2ccsc2)C1. The van der Waals surface area contributed by atoms with Crippen molar-refractivity contribution in [2.75, 3.05) is 19.7 Å². The van der Waals surface area contributed by atoms with Crippen molar-refractivity contribution in [3.05, 3.63) is 22.4 Å². The standard InChI is InChI=1S/C14H19NO4S/c16-13(3-1-2-4-14(17)18)15-6-7-19-12(9-15)11-5-8-20-10-11/h5,8,10,12H,1-4,6-7,9H2,(H,17,18). The van der Waals surface area contributed by atoms with Crippen molar-refractivity contribution in [2.45, 2.75) is 31.8 Å². The number of ether oxygens (including phenoxy) is 1. The van der Waals surface area contributed by atoms with Gasteiger partial charge in [-0.15, -0.1) is 0 Å². The van der Waals surface area contributed by atoms with E-state index in [1.807, 2.05) is 21.7 Å². The number of unbranched alkanes of at least 4 members (excludes halogenated alkanes) is 1. The molecule has 1 aromatic rings. The summed E-state index contributed by atoms with van der Waals surface area (Å²) in [5.41, 5.74) is 1.12. The van der Waals surface area contributed by atoms with E-state index in [1.165, 1.54) is 0 Å². The molecule has 1 aliphatic rings. The van der Waals surface area contributed by atoms with Crippen LogP contribution in [0.25, 0.3) is 0 Å². The van der Waals surface area contributed by atoms with E-state index in [0.717, 1.165) is 5.56 Å². The summed E-state index contributed by atoms with van der Waals surface area (Å²) < 4.78 is 5.69. The van der Waals surface area contributed by atoms with Crippen molar-refractivity contribution in [1.29, 1.82) is 0 Å². The van der Waals surface area contributed by atoms with Crippen molar-refractivity contribution in [1.82, 2.24) is 4.90 Å². The second-order valence-corrected chi connectivity index (χ2v) is 5.64. The Labute approximate surface area is 122 Å². The molecule has 6 heteroatoms. The van der Waals surface area contributed by atoms with Gasteiger partial charge >= 0.3 is 5.97 Å². The lowest BCUT2D eigenvalue weighted by molar-refractivity contribution is -0.140. The van der Waals surface area contributed by atoms with E-state index in [1.54, 1.807) is 11.3 Å². The van der Waals surface area contributed by atoms with E-state index in [9.17, 15) is 9.59 Å². The first kappa shape index (κ1) is 15.0. The van der Waals surface area contributed by atoms with Gasteiger partial charge in [-0.2, -0.15) is 11.3 Å². The normalized spacial score (nSPS) is 19.0. The lowest BCUT2D eigenvalue weighted by Gasteiger charge is -2.32. The van der Waals surface area contributed by atoms with Crippen LogP contribution in [0.2, 0.25) is 0 Å². The zero-order chi connectivity index (χ0) is 14.4. The largest absolute Gasteiger partial charge is 0.481 e. The zero-order valence-corrected chi connectivity index (χ0v) is 12.1. The van der Waals surface area contributed by atoms with E-state index in [2.05, 4.69) is 0 Å². The number of thiophene rings is 1. The van der Waals surface area contributed by atoms with Gasteiger partial charge in [-0.1, -0.05) is 0 Å². The minimum atomic E-state index is -0.804. The number of carboxylic acid groups (broad SMARTS) is 1. The molecule has 1 amide bonds. The minimum Gasteiger partial charge on any atom is -0.481 e. The van der Waals surface area contributed by atoms with Gasteiger partial charge in [0.15, 0.2) is 0 Å². The van der Waals surface area contributed by atoms with E-state index in [4.69, 9.17) is 9.84 Å². The quantitative estimate of drug-likeness (QED) is 0.818. The molecule has 1 unspecified atom stereocenters. The summed E-state index contributed by atoms with van der Waals surface area (Å²) in [6.07, 6.45) is 1.71. The van der Waals surface area contributed by atoms with Gasteiger partial charge in [-0.25, -0.2) is 0 Å². The molecule has 2 rings (SSSR count). The van der Waals surface area contributed by atoms with Gasteiger partial charge in [0.1, 0.15) is 6.10 Å². The Hall–Kier alpha value is -1.40. The Morgan fingerprint density at radius 3 is 2.90 bits per heavy atom. The van der Waals surface area contributed by atoms with Crippen LogP contribution in [-0.2, 0) is 14.3 Å². The Bertz CT molecular complexity index is 446. The van der Waals surface area contributed by atoms with Gasteiger partial charge < -0.3 is 14.7 Å². The first-order chi connectivity index (χ1) is 9.66. The number of nitrogens with zero attached hydrogens (tertiary/aromatic N) is 1. The van der Waals surface area contributed by atoms with Gasteiger partial charge in [0.25, 0.3) is 0 Å². The van der Waals surface area contributed by atoms with Crippen LogP contribution < -0.4 is 0 Å². The Kier molecular flexibility index (Phi) is 5.55. The van der Waals surface area contributed by atoms with Gasteiger partial charge in [-0.3, -0.25) is 9.59 Å². The molecule has 1 saturated heterocycles. The van der Waals surface area contributed by atoms with Crippen LogP contribution in [0.15, 0.2) is 16.8 Å². The number of hydrogen-bond acceptors (Lipinski definition) is 4. The van der Waals surface area contributed by atoms with Crippen molar-refractivity contribution in [3.8, 4) is 0 Å². The third-order valence-electron chi connectivity index (χ3n) is 3.37. The molecule has 0 spiro atoms. The van der Waals surface area contributed by atoms with Crippen LogP contribution >= 0.6 is 11.3 Å².